The zero-order chi connectivity index (χ0) is 30.1. The lowest BCUT2D eigenvalue weighted by Gasteiger charge is -2.47. The number of aromatic hydroxyl groups is 3. The second-order valence-electron chi connectivity index (χ2n) is 11.5. The minimum absolute atomic E-state index is 0.0331. The van der Waals surface area contributed by atoms with Crippen LogP contribution in [-0.2, 0) is 14.2 Å². The van der Waals surface area contributed by atoms with Gasteiger partial charge < -0.3 is 44.8 Å². The number of ketones is 2. The Bertz CT molecular complexity index is 1440. The van der Waals surface area contributed by atoms with E-state index in [1.54, 1.807) is 13.8 Å². The number of fused-ring (bicyclic) bond motifs is 3. The summed E-state index contributed by atoms with van der Waals surface area (Å²) in [7, 11) is 0. The van der Waals surface area contributed by atoms with Crippen molar-refractivity contribution in [2.45, 2.75) is 75.5 Å². The van der Waals surface area contributed by atoms with E-state index in [0.29, 0.717) is 26.3 Å². The van der Waals surface area contributed by atoms with E-state index in [4.69, 9.17) is 14.2 Å². The highest BCUT2D eigenvalue weighted by Crippen LogP contribution is 2.56. The first-order chi connectivity index (χ1) is 20.0. The van der Waals surface area contributed by atoms with Crippen molar-refractivity contribution in [2.24, 2.45) is 0 Å². The molecule has 0 spiro atoms. The van der Waals surface area contributed by atoms with Crippen molar-refractivity contribution >= 4 is 11.6 Å². The van der Waals surface area contributed by atoms with Gasteiger partial charge in [0.05, 0.1) is 53.8 Å². The summed E-state index contributed by atoms with van der Waals surface area (Å²) in [6.07, 6.45) is -5.23. The Hall–Kier alpha value is -3.10. The lowest BCUT2D eigenvalue weighted by Crippen LogP contribution is -2.58. The first-order valence-corrected chi connectivity index (χ1v) is 14.2. The number of carbonyl (C=O) groups excluding carboxylic acids is 2. The monoisotopic (exact) mass is 585 g/mol. The molecule has 0 bridgehead atoms. The van der Waals surface area contributed by atoms with Crippen molar-refractivity contribution in [3.8, 4) is 17.2 Å². The summed E-state index contributed by atoms with van der Waals surface area (Å²) < 4.78 is 17.8. The molecule has 2 aliphatic heterocycles. The number of carbonyl (C=O) groups is 2. The second-order valence-corrected chi connectivity index (χ2v) is 11.5. The van der Waals surface area contributed by atoms with E-state index >= 15 is 0 Å². The number of rotatable bonds is 4. The molecule has 7 atom stereocenters. The number of aliphatic hydroxyl groups excluding tert-OH is 2. The minimum Gasteiger partial charge on any atom is -0.507 e. The molecule has 0 saturated carbocycles. The van der Waals surface area contributed by atoms with Crippen LogP contribution in [0.4, 0.5) is 0 Å². The molecule has 2 aliphatic carbocycles. The number of ether oxygens (including phenoxy) is 3. The van der Waals surface area contributed by atoms with Crippen LogP contribution in [-0.4, -0.2) is 104 Å². The van der Waals surface area contributed by atoms with E-state index in [-0.39, 0.29) is 47.6 Å². The number of morpholine rings is 1. The Kier molecular flexibility index (Phi) is 7.29. The number of hydrogen-bond donors (Lipinski definition) is 6. The van der Waals surface area contributed by atoms with Crippen LogP contribution in [0.25, 0.3) is 0 Å². The Morgan fingerprint density at radius 3 is 2.36 bits per heavy atom. The maximum atomic E-state index is 13.6. The topological polar surface area (TPSA) is 186 Å². The molecule has 2 aromatic rings. The molecule has 0 radical (unpaired) electrons. The summed E-state index contributed by atoms with van der Waals surface area (Å²) in [6, 6.07) is 3.60. The van der Waals surface area contributed by atoms with Crippen LogP contribution in [0.1, 0.15) is 88.3 Å². The number of aliphatic hydroxyl groups is 3. The highest BCUT2D eigenvalue weighted by Gasteiger charge is 2.52. The molecule has 2 saturated heterocycles. The molecule has 6 N–H and O–H groups in total. The van der Waals surface area contributed by atoms with Crippen LogP contribution >= 0.6 is 0 Å². The van der Waals surface area contributed by atoms with Crippen LogP contribution in [0, 0.1) is 0 Å². The lowest BCUT2D eigenvalue weighted by atomic mass is 9.70. The first kappa shape index (κ1) is 29.0. The summed E-state index contributed by atoms with van der Waals surface area (Å²) in [6.45, 7) is 5.61. The van der Waals surface area contributed by atoms with Crippen LogP contribution in [0.2, 0.25) is 0 Å². The van der Waals surface area contributed by atoms with E-state index in [9.17, 15) is 40.2 Å². The molecule has 2 heterocycles. The predicted octanol–water partition coefficient (Wildman–Crippen LogP) is 1.41. The van der Waals surface area contributed by atoms with Crippen molar-refractivity contribution < 1.29 is 54.4 Å². The Labute approximate surface area is 241 Å². The molecule has 0 aromatic heterocycles. The largest absolute Gasteiger partial charge is 0.507 e. The van der Waals surface area contributed by atoms with E-state index in [1.165, 1.54) is 18.2 Å². The molecule has 12 heteroatoms. The average molecular weight is 586 g/mol. The third-order valence-corrected chi connectivity index (χ3v) is 9.25. The highest BCUT2D eigenvalue weighted by atomic mass is 16.7. The van der Waals surface area contributed by atoms with Gasteiger partial charge in [-0.05, 0) is 19.4 Å². The van der Waals surface area contributed by atoms with Crippen LogP contribution in [0.5, 0.6) is 17.2 Å². The Balaban J connectivity index is 1.44. The highest BCUT2D eigenvalue weighted by molar-refractivity contribution is 6.31. The van der Waals surface area contributed by atoms with Crippen molar-refractivity contribution in [3.63, 3.8) is 0 Å². The molecule has 6 rings (SSSR count). The molecule has 4 aliphatic rings. The summed E-state index contributed by atoms with van der Waals surface area (Å²) >= 11 is 0. The number of nitrogens with zero attached hydrogens (tertiary/aromatic N) is 1. The van der Waals surface area contributed by atoms with Gasteiger partial charge >= 0.3 is 0 Å². The first-order valence-electron chi connectivity index (χ1n) is 14.2. The lowest BCUT2D eigenvalue weighted by molar-refractivity contribution is -0.264. The van der Waals surface area contributed by atoms with Gasteiger partial charge in [0.15, 0.2) is 12.1 Å². The molecule has 2 fully saturated rings. The van der Waals surface area contributed by atoms with Gasteiger partial charge in [0.25, 0.3) is 0 Å². The quantitative estimate of drug-likeness (QED) is 0.242. The minimum atomic E-state index is -1.82. The fraction of sp³-hybridized carbons (Fsp3) is 0.533. The molecule has 12 nitrogen and oxygen atoms in total. The summed E-state index contributed by atoms with van der Waals surface area (Å²) in [5.74, 6) is -3.61. The maximum absolute atomic E-state index is 13.6. The van der Waals surface area contributed by atoms with Gasteiger partial charge in [-0.15, -0.1) is 0 Å². The van der Waals surface area contributed by atoms with Crippen molar-refractivity contribution in [2.75, 3.05) is 26.3 Å². The van der Waals surface area contributed by atoms with Gasteiger partial charge in [0.1, 0.15) is 23.4 Å². The van der Waals surface area contributed by atoms with Crippen LogP contribution in [0.3, 0.4) is 0 Å². The molecular weight excluding hydrogens is 550 g/mol. The zero-order valence-corrected chi connectivity index (χ0v) is 23.3. The second kappa shape index (κ2) is 10.6. The molecule has 42 heavy (non-hydrogen) atoms. The van der Waals surface area contributed by atoms with E-state index < -0.39 is 76.2 Å². The standard InChI is InChI=1S/C30H35NO11/c1-3-30(39)12-17(42-18-11-15(24(33)13(2)41-18)31-7-9-40-10-8-31)20-23(29(30)38)28(37)21-22(27(20)36)26(35)19-14(25(21)34)5-4-6-16(19)32/h4-6,13,15,17-18,24,29,32-33,36-39H,3,7-12H2,1-2H3/t13-,15-,17-,18+,24+,29-,30+/m0/s1. The number of hydrogen-bond acceptors (Lipinski definition) is 12. The van der Waals surface area contributed by atoms with Crippen molar-refractivity contribution in [1.29, 1.82) is 0 Å². The van der Waals surface area contributed by atoms with Crippen LogP contribution in [0.15, 0.2) is 18.2 Å². The fourth-order valence-corrected chi connectivity index (χ4v) is 6.86. The van der Waals surface area contributed by atoms with Crippen LogP contribution < -0.4 is 0 Å². The van der Waals surface area contributed by atoms with Crippen molar-refractivity contribution in [3.05, 3.63) is 51.6 Å². The number of phenols is 3. The van der Waals surface area contributed by atoms with Gasteiger partial charge in [-0.25, -0.2) is 0 Å². The molecule has 0 unspecified atom stereocenters. The van der Waals surface area contributed by atoms with Gasteiger partial charge in [-0.1, -0.05) is 19.1 Å². The average Bonchev–Trinajstić information content (AvgIpc) is 2.97. The van der Waals surface area contributed by atoms with E-state index in [1.807, 2.05) is 0 Å². The SMILES string of the molecule is CC[C@@]1(O)C[C@H](O[C@@H]2C[C@H](N3CCOCC3)[C@H](O)[C@H](C)O2)c2c(O)c3c(c(O)c2[C@@H]1O)C(=O)c1cccc(O)c1C3=O. The summed E-state index contributed by atoms with van der Waals surface area (Å²) in [5, 5.41) is 67.1. The van der Waals surface area contributed by atoms with E-state index in [2.05, 4.69) is 4.90 Å². The normalized spacial score (nSPS) is 33.2. The Morgan fingerprint density at radius 1 is 1.00 bits per heavy atom. The van der Waals surface area contributed by atoms with Crippen molar-refractivity contribution in [1.82, 2.24) is 4.90 Å². The van der Waals surface area contributed by atoms with Gasteiger partial charge in [0.2, 0.25) is 5.78 Å². The summed E-state index contributed by atoms with van der Waals surface area (Å²) in [4.78, 5) is 29.2. The number of benzene rings is 2. The van der Waals surface area contributed by atoms with E-state index in [0.717, 1.165) is 0 Å². The maximum Gasteiger partial charge on any atom is 0.202 e. The van der Waals surface area contributed by atoms with Gasteiger partial charge in [-0.3, -0.25) is 14.5 Å². The zero-order valence-electron chi connectivity index (χ0n) is 23.3. The summed E-state index contributed by atoms with van der Waals surface area (Å²) in [5.41, 5.74) is -3.80. The van der Waals surface area contributed by atoms with Gasteiger partial charge in [0, 0.05) is 48.7 Å². The number of phenolic OH excluding ortho intramolecular Hbond substituents is 3. The predicted molar refractivity (Wildman–Crippen MR) is 145 cm³/mol. The smallest absolute Gasteiger partial charge is 0.202 e. The third-order valence-electron chi connectivity index (χ3n) is 9.25. The van der Waals surface area contributed by atoms with Gasteiger partial charge in [-0.2, -0.15) is 0 Å². The molecular formula is C30H35NO11. The molecule has 226 valence electrons. The Morgan fingerprint density at radius 2 is 1.67 bits per heavy atom. The molecule has 2 aromatic carbocycles. The molecule has 0 amide bonds. The fourth-order valence-electron chi connectivity index (χ4n) is 6.86. The third kappa shape index (κ3) is 4.32.